The van der Waals surface area contributed by atoms with Gasteiger partial charge in [0.2, 0.25) is 5.91 Å². The van der Waals surface area contributed by atoms with Crippen LogP contribution >= 0.6 is 23.1 Å². The van der Waals surface area contributed by atoms with E-state index in [9.17, 15) is 4.79 Å². The van der Waals surface area contributed by atoms with Gasteiger partial charge in [0.25, 0.3) is 0 Å². The highest BCUT2D eigenvalue weighted by Crippen LogP contribution is 2.28. The third-order valence-corrected chi connectivity index (χ3v) is 6.05. The number of nitrogens with one attached hydrogen (secondary N) is 1. The molecule has 1 aromatic carbocycles. The van der Waals surface area contributed by atoms with Crippen molar-refractivity contribution in [3.8, 4) is 5.69 Å². The van der Waals surface area contributed by atoms with Gasteiger partial charge in [-0.15, -0.1) is 21.5 Å². The number of nitrogens with zero attached hydrogens (tertiary/aromatic N) is 3. The van der Waals surface area contributed by atoms with Crippen molar-refractivity contribution >= 4 is 29.0 Å². The fourth-order valence-electron chi connectivity index (χ4n) is 2.67. The van der Waals surface area contributed by atoms with Crippen LogP contribution in [0.5, 0.6) is 0 Å². The zero-order chi connectivity index (χ0) is 17.8. The van der Waals surface area contributed by atoms with Gasteiger partial charge in [0.05, 0.1) is 5.75 Å². The second-order valence-corrected chi connectivity index (χ2v) is 8.34. The minimum atomic E-state index is 0.0596. The van der Waals surface area contributed by atoms with Crippen LogP contribution < -0.4 is 5.32 Å². The van der Waals surface area contributed by atoms with E-state index in [4.69, 9.17) is 0 Å². The summed E-state index contributed by atoms with van der Waals surface area (Å²) in [6.07, 6.45) is 3.21. The third kappa shape index (κ3) is 4.34. The number of thioether (sulfide) groups is 1. The summed E-state index contributed by atoms with van der Waals surface area (Å²) in [4.78, 5) is 13.3. The SMILES string of the molecule is O=C(CSc1nnc(Cc2cccs2)n1-c1ccccc1)NCC1CC1. The van der Waals surface area contributed by atoms with E-state index in [1.807, 2.05) is 36.4 Å². The van der Waals surface area contributed by atoms with Crippen LogP contribution in [0.1, 0.15) is 23.5 Å². The van der Waals surface area contributed by atoms with Crippen molar-refractivity contribution in [3.05, 3.63) is 58.5 Å². The van der Waals surface area contributed by atoms with Crippen molar-refractivity contribution < 1.29 is 4.79 Å². The topological polar surface area (TPSA) is 59.8 Å². The van der Waals surface area contributed by atoms with Crippen LogP contribution in [-0.4, -0.2) is 33.0 Å². The first-order valence-electron chi connectivity index (χ1n) is 8.71. The van der Waals surface area contributed by atoms with Crippen molar-refractivity contribution in [1.82, 2.24) is 20.1 Å². The summed E-state index contributed by atoms with van der Waals surface area (Å²) in [6.45, 7) is 0.800. The highest BCUT2D eigenvalue weighted by molar-refractivity contribution is 7.99. The molecule has 0 spiro atoms. The molecule has 3 aromatic rings. The molecule has 1 fully saturated rings. The minimum absolute atomic E-state index is 0.0596. The first-order valence-corrected chi connectivity index (χ1v) is 10.6. The van der Waals surface area contributed by atoms with E-state index < -0.39 is 0 Å². The number of aromatic nitrogens is 3. The summed E-state index contributed by atoms with van der Waals surface area (Å²) in [6, 6.07) is 14.2. The predicted octanol–water partition coefficient (Wildman–Crippen LogP) is 3.54. The molecule has 1 saturated carbocycles. The summed E-state index contributed by atoms with van der Waals surface area (Å²) in [5.41, 5.74) is 1.02. The Labute approximate surface area is 160 Å². The van der Waals surface area contributed by atoms with Crippen molar-refractivity contribution in [1.29, 1.82) is 0 Å². The summed E-state index contributed by atoms with van der Waals surface area (Å²) in [7, 11) is 0. The van der Waals surface area contributed by atoms with Gasteiger partial charge in [-0.1, -0.05) is 36.0 Å². The lowest BCUT2D eigenvalue weighted by atomic mass is 10.3. The third-order valence-electron chi connectivity index (χ3n) is 4.24. The predicted molar refractivity (Wildman–Crippen MR) is 105 cm³/mol. The van der Waals surface area contributed by atoms with E-state index in [1.54, 1.807) is 11.3 Å². The van der Waals surface area contributed by atoms with Gasteiger partial charge in [-0.05, 0) is 42.3 Å². The van der Waals surface area contributed by atoms with Gasteiger partial charge < -0.3 is 5.32 Å². The van der Waals surface area contributed by atoms with Crippen molar-refractivity contribution in [3.63, 3.8) is 0 Å². The normalized spacial score (nSPS) is 13.7. The van der Waals surface area contributed by atoms with Crippen molar-refractivity contribution in [2.45, 2.75) is 24.4 Å². The Morgan fingerprint density at radius 2 is 2.04 bits per heavy atom. The van der Waals surface area contributed by atoms with Gasteiger partial charge >= 0.3 is 0 Å². The summed E-state index contributed by atoms with van der Waals surface area (Å²) in [5.74, 6) is 2.00. The molecule has 0 saturated heterocycles. The number of hydrogen-bond donors (Lipinski definition) is 1. The fourth-order valence-corrected chi connectivity index (χ4v) is 4.18. The maximum Gasteiger partial charge on any atom is 0.230 e. The number of benzene rings is 1. The van der Waals surface area contributed by atoms with Crippen LogP contribution in [0.25, 0.3) is 5.69 Å². The zero-order valence-electron chi connectivity index (χ0n) is 14.3. The number of carbonyl (C=O) groups is 1. The largest absolute Gasteiger partial charge is 0.355 e. The molecule has 1 aliphatic rings. The number of thiophene rings is 1. The molecule has 0 unspecified atom stereocenters. The van der Waals surface area contributed by atoms with Crippen LogP contribution in [0, 0.1) is 5.92 Å². The summed E-state index contributed by atoms with van der Waals surface area (Å²) in [5, 5.41) is 14.6. The number of rotatable bonds is 8. The average molecular weight is 385 g/mol. The van der Waals surface area contributed by atoms with Crippen LogP contribution in [0.4, 0.5) is 0 Å². The standard InChI is InChI=1S/C19H20N4OS2/c24-18(20-12-14-8-9-14)13-26-19-22-21-17(11-16-7-4-10-25-16)23(19)15-5-2-1-3-6-15/h1-7,10,14H,8-9,11-13H2,(H,20,24). The van der Waals surface area contributed by atoms with Gasteiger partial charge in [0, 0.05) is 23.5 Å². The zero-order valence-corrected chi connectivity index (χ0v) is 15.9. The smallest absolute Gasteiger partial charge is 0.230 e. The van der Waals surface area contributed by atoms with Gasteiger partial charge in [-0.25, -0.2) is 0 Å². The Morgan fingerprint density at radius 1 is 1.19 bits per heavy atom. The molecule has 1 amide bonds. The maximum atomic E-state index is 12.1. The molecule has 1 aliphatic carbocycles. The molecule has 134 valence electrons. The van der Waals surface area contributed by atoms with E-state index >= 15 is 0 Å². The maximum absolute atomic E-state index is 12.1. The van der Waals surface area contributed by atoms with Gasteiger partial charge in [0.1, 0.15) is 5.82 Å². The van der Waals surface area contributed by atoms with Crippen LogP contribution in [-0.2, 0) is 11.2 Å². The molecule has 2 heterocycles. The second-order valence-electron chi connectivity index (χ2n) is 6.36. The molecule has 2 aromatic heterocycles. The van der Waals surface area contributed by atoms with Crippen LogP contribution in [0.15, 0.2) is 53.0 Å². The monoisotopic (exact) mass is 384 g/mol. The minimum Gasteiger partial charge on any atom is -0.355 e. The molecule has 0 aliphatic heterocycles. The Hall–Kier alpha value is -2.12. The van der Waals surface area contributed by atoms with Crippen molar-refractivity contribution in [2.24, 2.45) is 5.92 Å². The van der Waals surface area contributed by atoms with Crippen LogP contribution in [0.3, 0.4) is 0 Å². The van der Waals surface area contributed by atoms with Gasteiger partial charge in [-0.2, -0.15) is 0 Å². The Balaban J connectivity index is 1.51. The summed E-state index contributed by atoms with van der Waals surface area (Å²) < 4.78 is 2.05. The first-order chi connectivity index (χ1) is 12.8. The second kappa shape index (κ2) is 8.05. The summed E-state index contributed by atoms with van der Waals surface area (Å²) >= 11 is 3.15. The van der Waals surface area contributed by atoms with E-state index in [2.05, 4.69) is 31.5 Å². The van der Waals surface area contributed by atoms with E-state index in [0.717, 1.165) is 29.6 Å². The highest BCUT2D eigenvalue weighted by Gasteiger charge is 2.22. The molecular formula is C19H20N4OS2. The molecule has 5 nitrogen and oxygen atoms in total. The Kier molecular flexibility index (Phi) is 5.36. The fraction of sp³-hybridized carbons (Fsp3) is 0.316. The van der Waals surface area contributed by atoms with Crippen LogP contribution in [0.2, 0.25) is 0 Å². The quantitative estimate of drug-likeness (QED) is 0.604. The van der Waals surface area contributed by atoms with E-state index in [0.29, 0.717) is 11.7 Å². The number of para-hydroxylation sites is 1. The van der Waals surface area contributed by atoms with Crippen molar-refractivity contribution in [2.75, 3.05) is 12.3 Å². The van der Waals surface area contributed by atoms with Gasteiger partial charge in [-0.3, -0.25) is 9.36 Å². The lowest BCUT2D eigenvalue weighted by Gasteiger charge is -2.10. The Morgan fingerprint density at radius 3 is 2.77 bits per heavy atom. The Bertz CT molecular complexity index is 857. The molecule has 0 radical (unpaired) electrons. The number of hydrogen-bond acceptors (Lipinski definition) is 5. The average Bonchev–Trinajstić information content (AvgIpc) is 3.20. The lowest BCUT2D eigenvalue weighted by Crippen LogP contribution is -2.27. The molecule has 7 heteroatoms. The molecule has 0 bridgehead atoms. The number of amides is 1. The van der Waals surface area contributed by atoms with E-state index in [-0.39, 0.29) is 5.91 Å². The first kappa shape index (κ1) is 17.3. The molecule has 1 N–H and O–H groups in total. The highest BCUT2D eigenvalue weighted by atomic mass is 32.2. The van der Waals surface area contributed by atoms with Gasteiger partial charge in [0.15, 0.2) is 5.16 Å². The molecular weight excluding hydrogens is 364 g/mol. The molecule has 4 rings (SSSR count). The lowest BCUT2D eigenvalue weighted by molar-refractivity contribution is -0.118. The molecule has 26 heavy (non-hydrogen) atoms. The molecule has 0 atom stereocenters. The van der Waals surface area contributed by atoms with E-state index in [1.165, 1.54) is 29.5 Å². The number of carbonyl (C=O) groups excluding carboxylic acids is 1.